The maximum absolute atomic E-state index is 10.3. The standard InChI is InChI=1S/C22H32N2O3/c1-17(21(25)19-9-5-3-6-10-19)23-13-15-27-16-14-24-18(2)22(26)20-11-7-4-8-12-20/h3-12,17-18,21-26H,13-16H2,1-2H3. The zero-order valence-electron chi connectivity index (χ0n) is 16.2. The summed E-state index contributed by atoms with van der Waals surface area (Å²) in [6.07, 6.45) is -1.07. The van der Waals surface area contributed by atoms with Crippen molar-refractivity contribution in [3.8, 4) is 0 Å². The molecule has 2 aromatic carbocycles. The van der Waals surface area contributed by atoms with Crippen LogP contribution in [0.5, 0.6) is 0 Å². The van der Waals surface area contributed by atoms with Gasteiger partial charge in [0.05, 0.1) is 25.4 Å². The maximum atomic E-state index is 10.3. The van der Waals surface area contributed by atoms with E-state index < -0.39 is 12.2 Å². The van der Waals surface area contributed by atoms with Gasteiger partial charge in [0.15, 0.2) is 0 Å². The van der Waals surface area contributed by atoms with E-state index in [2.05, 4.69) is 10.6 Å². The van der Waals surface area contributed by atoms with Gasteiger partial charge in [-0.3, -0.25) is 0 Å². The molecule has 5 nitrogen and oxygen atoms in total. The summed E-state index contributed by atoms with van der Waals surface area (Å²) in [5, 5.41) is 27.2. The van der Waals surface area contributed by atoms with Crippen LogP contribution in [0, 0.1) is 0 Å². The lowest BCUT2D eigenvalue weighted by atomic mass is 10.0. The van der Waals surface area contributed by atoms with Crippen LogP contribution < -0.4 is 10.6 Å². The summed E-state index contributed by atoms with van der Waals surface area (Å²) in [4.78, 5) is 0. The Labute approximate surface area is 162 Å². The van der Waals surface area contributed by atoms with E-state index in [9.17, 15) is 10.2 Å². The molecule has 27 heavy (non-hydrogen) atoms. The highest BCUT2D eigenvalue weighted by Gasteiger charge is 2.16. The van der Waals surface area contributed by atoms with Crippen molar-refractivity contribution in [2.24, 2.45) is 0 Å². The Morgan fingerprint density at radius 2 is 1.07 bits per heavy atom. The molecule has 0 heterocycles. The van der Waals surface area contributed by atoms with Crippen LogP contribution in [0.2, 0.25) is 0 Å². The van der Waals surface area contributed by atoms with E-state index in [1.807, 2.05) is 74.5 Å². The number of rotatable bonds is 12. The van der Waals surface area contributed by atoms with E-state index in [1.165, 1.54) is 0 Å². The number of benzene rings is 2. The molecule has 2 aromatic rings. The summed E-state index contributed by atoms with van der Waals surface area (Å²) in [6, 6.07) is 19.2. The minimum Gasteiger partial charge on any atom is -0.387 e. The summed E-state index contributed by atoms with van der Waals surface area (Å²) in [6.45, 7) is 6.42. The Bertz CT molecular complexity index is 568. The van der Waals surface area contributed by atoms with Gasteiger partial charge in [-0.15, -0.1) is 0 Å². The van der Waals surface area contributed by atoms with Crippen molar-refractivity contribution in [3.05, 3.63) is 71.8 Å². The highest BCUT2D eigenvalue weighted by atomic mass is 16.5. The highest BCUT2D eigenvalue weighted by Crippen LogP contribution is 2.16. The molecule has 0 spiro atoms. The lowest BCUT2D eigenvalue weighted by Gasteiger charge is -2.21. The fraction of sp³-hybridized carbons (Fsp3) is 0.455. The van der Waals surface area contributed by atoms with Gasteiger partial charge < -0.3 is 25.6 Å². The van der Waals surface area contributed by atoms with Crippen LogP contribution >= 0.6 is 0 Å². The molecule has 0 aliphatic rings. The summed E-state index contributed by atoms with van der Waals surface area (Å²) in [7, 11) is 0. The molecular formula is C22H32N2O3. The Balaban J connectivity index is 1.54. The van der Waals surface area contributed by atoms with Gasteiger partial charge >= 0.3 is 0 Å². The monoisotopic (exact) mass is 372 g/mol. The molecule has 0 aliphatic carbocycles. The Kier molecular flexibility index (Phi) is 9.45. The molecule has 0 amide bonds. The zero-order chi connectivity index (χ0) is 19.5. The van der Waals surface area contributed by atoms with Gasteiger partial charge in [-0.1, -0.05) is 60.7 Å². The highest BCUT2D eigenvalue weighted by molar-refractivity contribution is 5.19. The second-order valence-electron chi connectivity index (χ2n) is 6.81. The molecule has 0 aliphatic heterocycles. The second kappa shape index (κ2) is 11.8. The van der Waals surface area contributed by atoms with Crippen molar-refractivity contribution in [1.82, 2.24) is 10.6 Å². The van der Waals surface area contributed by atoms with Gasteiger partial charge in [0, 0.05) is 25.2 Å². The van der Waals surface area contributed by atoms with Gasteiger partial charge in [-0.05, 0) is 25.0 Å². The maximum Gasteiger partial charge on any atom is 0.0940 e. The van der Waals surface area contributed by atoms with Crippen LogP contribution in [-0.2, 0) is 4.74 Å². The molecule has 2 rings (SSSR count). The van der Waals surface area contributed by atoms with Crippen LogP contribution in [0.3, 0.4) is 0 Å². The first-order chi connectivity index (χ1) is 13.1. The zero-order valence-corrected chi connectivity index (χ0v) is 16.2. The summed E-state index contributed by atoms with van der Waals surface area (Å²) >= 11 is 0. The second-order valence-corrected chi connectivity index (χ2v) is 6.81. The first-order valence-corrected chi connectivity index (χ1v) is 9.60. The summed E-state index contributed by atoms with van der Waals surface area (Å²) in [5.41, 5.74) is 1.82. The number of hydrogen-bond acceptors (Lipinski definition) is 5. The van der Waals surface area contributed by atoms with Crippen molar-refractivity contribution in [1.29, 1.82) is 0 Å². The minimum atomic E-state index is -0.534. The number of ether oxygens (including phenoxy) is 1. The van der Waals surface area contributed by atoms with Crippen LogP contribution in [-0.4, -0.2) is 48.6 Å². The molecule has 0 saturated heterocycles. The van der Waals surface area contributed by atoms with Gasteiger partial charge in [0.2, 0.25) is 0 Å². The number of aliphatic hydroxyl groups is 2. The van der Waals surface area contributed by atoms with E-state index in [4.69, 9.17) is 4.74 Å². The summed E-state index contributed by atoms with van der Waals surface area (Å²) < 4.78 is 5.62. The predicted octanol–water partition coefficient (Wildman–Crippen LogP) is 2.43. The quantitative estimate of drug-likeness (QED) is 0.431. The molecule has 4 unspecified atom stereocenters. The lowest BCUT2D eigenvalue weighted by molar-refractivity contribution is 0.102. The summed E-state index contributed by atoms with van der Waals surface area (Å²) in [5.74, 6) is 0. The van der Waals surface area contributed by atoms with E-state index in [1.54, 1.807) is 0 Å². The third kappa shape index (κ3) is 7.40. The van der Waals surface area contributed by atoms with Crippen molar-refractivity contribution in [3.63, 3.8) is 0 Å². The van der Waals surface area contributed by atoms with E-state index in [-0.39, 0.29) is 12.1 Å². The van der Waals surface area contributed by atoms with Crippen molar-refractivity contribution in [2.45, 2.75) is 38.1 Å². The third-order valence-corrected chi connectivity index (χ3v) is 4.65. The van der Waals surface area contributed by atoms with Crippen LogP contribution in [0.4, 0.5) is 0 Å². The molecule has 4 N–H and O–H groups in total. The Hall–Kier alpha value is -1.76. The van der Waals surface area contributed by atoms with Gasteiger partial charge in [-0.25, -0.2) is 0 Å². The molecule has 0 fully saturated rings. The van der Waals surface area contributed by atoms with Crippen LogP contribution in [0.25, 0.3) is 0 Å². The lowest BCUT2D eigenvalue weighted by Crippen LogP contribution is -2.36. The van der Waals surface area contributed by atoms with Crippen molar-refractivity contribution in [2.75, 3.05) is 26.3 Å². The first-order valence-electron chi connectivity index (χ1n) is 9.60. The predicted molar refractivity (Wildman–Crippen MR) is 109 cm³/mol. The van der Waals surface area contributed by atoms with Gasteiger partial charge in [0.25, 0.3) is 0 Å². The molecule has 4 atom stereocenters. The molecule has 0 bridgehead atoms. The van der Waals surface area contributed by atoms with E-state index in [0.717, 1.165) is 11.1 Å². The average Bonchev–Trinajstić information content (AvgIpc) is 2.72. The smallest absolute Gasteiger partial charge is 0.0940 e. The Morgan fingerprint density at radius 3 is 1.44 bits per heavy atom. The number of aliphatic hydroxyl groups excluding tert-OH is 2. The fourth-order valence-corrected chi connectivity index (χ4v) is 2.92. The molecular weight excluding hydrogens is 340 g/mol. The fourth-order valence-electron chi connectivity index (χ4n) is 2.92. The van der Waals surface area contributed by atoms with Gasteiger partial charge in [0.1, 0.15) is 0 Å². The average molecular weight is 373 g/mol. The number of nitrogens with one attached hydrogen (secondary N) is 2. The Morgan fingerprint density at radius 1 is 0.704 bits per heavy atom. The van der Waals surface area contributed by atoms with Gasteiger partial charge in [-0.2, -0.15) is 0 Å². The molecule has 0 radical (unpaired) electrons. The molecule has 0 aromatic heterocycles. The molecule has 5 heteroatoms. The minimum absolute atomic E-state index is 0.0461. The van der Waals surface area contributed by atoms with E-state index >= 15 is 0 Å². The van der Waals surface area contributed by atoms with Crippen LogP contribution in [0.15, 0.2) is 60.7 Å². The number of hydrogen-bond donors (Lipinski definition) is 4. The van der Waals surface area contributed by atoms with Crippen LogP contribution in [0.1, 0.15) is 37.2 Å². The van der Waals surface area contributed by atoms with Crippen molar-refractivity contribution < 1.29 is 14.9 Å². The topological polar surface area (TPSA) is 73.8 Å². The SMILES string of the molecule is CC(NCCOCCNC(C)C(O)c1ccccc1)C(O)c1ccccc1. The third-order valence-electron chi connectivity index (χ3n) is 4.65. The largest absolute Gasteiger partial charge is 0.387 e. The normalized spacial score (nSPS) is 15.9. The first kappa shape index (κ1) is 21.5. The molecule has 148 valence electrons. The van der Waals surface area contributed by atoms with Crippen molar-refractivity contribution >= 4 is 0 Å². The van der Waals surface area contributed by atoms with E-state index in [0.29, 0.717) is 26.3 Å². The molecule has 0 saturated carbocycles.